The summed E-state index contributed by atoms with van der Waals surface area (Å²) < 4.78 is 22.0. The first-order valence-electron chi connectivity index (χ1n) is 12.3. The third-order valence-electron chi connectivity index (χ3n) is 5.71. The highest BCUT2D eigenvalue weighted by Crippen LogP contribution is 2.32. The molecule has 0 aromatic heterocycles. The Morgan fingerprint density at radius 2 is 1.21 bits per heavy atom. The van der Waals surface area contributed by atoms with E-state index in [1.54, 1.807) is 0 Å². The molecule has 8 nitrogen and oxygen atoms in total. The van der Waals surface area contributed by atoms with Crippen LogP contribution in [0.5, 0.6) is 0 Å². The first-order valence-corrected chi connectivity index (χ1v) is 22.8. The standard InChI is InChI=1S/C22H50O8Si3/c1-31(2,3)16-33(7,17-32(4,5)6)14-8-9-27-10-11-28-12-13-29-22-21(26)20(25)19(24)18(15-23)30-22/h18-26H,8-17H2,1-7H3/t18-,19-,20+,21-,22?/m1/s1. The molecule has 0 aliphatic carbocycles. The zero-order chi connectivity index (χ0) is 25.3. The van der Waals surface area contributed by atoms with Crippen LogP contribution in [0.25, 0.3) is 0 Å². The van der Waals surface area contributed by atoms with E-state index in [0.29, 0.717) is 13.2 Å². The zero-order valence-corrected chi connectivity index (χ0v) is 24.9. The van der Waals surface area contributed by atoms with Crippen LogP contribution in [0, 0.1) is 0 Å². The van der Waals surface area contributed by atoms with Crippen molar-refractivity contribution in [1.29, 1.82) is 0 Å². The summed E-state index contributed by atoms with van der Waals surface area (Å²) in [6, 6.07) is 1.34. The van der Waals surface area contributed by atoms with Crippen LogP contribution in [-0.4, -0.2) is 115 Å². The van der Waals surface area contributed by atoms with E-state index < -0.39 is 61.5 Å². The molecule has 1 unspecified atom stereocenters. The summed E-state index contributed by atoms with van der Waals surface area (Å²) >= 11 is 0. The molecule has 1 rings (SSSR count). The van der Waals surface area contributed by atoms with Gasteiger partial charge in [-0.1, -0.05) is 63.2 Å². The Bertz CT molecular complexity index is 523. The molecule has 0 bridgehead atoms. The average molecular weight is 527 g/mol. The third-order valence-corrected chi connectivity index (χ3v) is 22.6. The molecule has 0 aromatic rings. The van der Waals surface area contributed by atoms with Crippen molar-refractivity contribution in [3.05, 3.63) is 0 Å². The van der Waals surface area contributed by atoms with Crippen LogP contribution < -0.4 is 0 Å². The second-order valence-corrected chi connectivity index (χ2v) is 29.4. The first-order chi connectivity index (χ1) is 15.2. The van der Waals surface area contributed by atoms with Crippen molar-refractivity contribution in [2.45, 2.75) is 100 Å². The SMILES string of the molecule is C[Si](C)(C)C[Si](C)(CCCOCCOCCOC1O[C@H](CO)[C@@H](O)[C@H](O)[C@H]1O)C[Si](C)(C)C. The third kappa shape index (κ3) is 12.7. The topological polar surface area (TPSA) is 118 Å². The van der Waals surface area contributed by atoms with E-state index in [0.717, 1.165) is 13.0 Å². The minimum atomic E-state index is -1.43. The molecule has 11 heteroatoms. The molecule has 1 aliphatic rings. The molecule has 1 aliphatic heterocycles. The lowest BCUT2D eigenvalue weighted by Gasteiger charge is -2.39. The van der Waals surface area contributed by atoms with Gasteiger partial charge in [0, 0.05) is 30.8 Å². The maximum absolute atomic E-state index is 9.93. The lowest BCUT2D eigenvalue weighted by Crippen LogP contribution is -2.59. The largest absolute Gasteiger partial charge is 0.394 e. The van der Waals surface area contributed by atoms with Gasteiger partial charge in [-0.25, -0.2) is 0 Å². The van der Waals surface area contributed by atoms with Crippen molar-refractivity contribution in [2.75, 3.05) is 39.6 Å². The molecular weight excluding hydrogens is 476 g/mol. The smallest absolute Gasteiger partial charge is 0.186 e. The number of rotatable bonds is 16. The first kappa shape index (κ1) is 31.4. The van der Waals surface area contributed by atoms with E-state index in [9.17, 15) is 20.4 Å². The quantitative estimate of drug-likeness (QED) is 0.178. The summed E-state index contributed by atoms with van der Waals surface area (Å²) in [7, 11) is -3.37. The Morgan fingerprint density at radius 1 is 0.697 bits per heavy atom. The van der Waals surface area contributed by atoms with E-state index in [-0.39, 0.29) is 13.2 Å². The number of hydrogen-bond acceptors (Lipinski definition) is 8. The van der Waals surface area contributed by atoms with E-state index in [2.05, 4.69) is 45.8 Å². The van der Waals surface area contributed by atoms with Gasteiger partial charge in [0.15, 0.2) is 6.29 Å². The maximum Gasteiger partial charge on any atom is 0.186 e. The minimum Gasteiger partial charge on any atom is -0.394 e. The van der Waals surface area contributed by atoms with Crippen molar-refractivity contribution in [1.82, 2.24) is 0 Å². The molecule has 198 valence electrons. The highest BCUT2D eigenvalue weighted by Gasteiger charge is 2.44. The molecule has 0 radical (unpaired) electrons. The summed E-state index contributed by atoms with van der Waals surface area (Å²) in [6.07, 6.45) is -5.17. The van der Waals surface area contributed by atoms with Gasteiger partial charge < -0.3 is 39.4 Å². The van der Waals surface area contributed by atoms with Crippen LogP contribution in [0.4, 0.5) is 0 Å². The Kier molecular flexibility index (Phi) is 13.5. The minimum absolute atomic E-state index is 0.153. The van der Waals surface area contributed by atoms with Crippen molar-refractivity contribution < 1.29 is 39.4 Å². The highest BCUT2D eigenvalue weighted by molar-refractivity contribution is 7.02. The predicted octanol–water partition coefficient (Wildman–Crippen LogP) is 2.06. The van der Waals surface area contributed by atoms with Gasteiger partial charge in [0.2, 0.25) is 0 Å². The van der Waals surface area contributed by atoms with E-state index >= 15 is 0 Å². The summed E-state index contributed by atoms with van der Waals surface area (Å²) in [5.74, 6) is 0. The van der Waals surface area contributed by atoms with Gasteiger partial charge in [0.1, 0.15) is 24.4 Å². The average Bonchev–Trinajstić information content (AvgIpc) is 2.66. The Hall–Kier alpha value is 0.331. The predicted molar refractivity (Wildman–Crippen MR) is 139 cm³/mol. The monoisotopic (exact) mass is 526 g/mol. The highest BCUT2D eigenvalue weighted by atomic mass is 28.4. The van der Waals surface area contributed by atoms with Crippen LogP contribution in [-0.2, 0) is 18.9 Å². The number of aliphatic hydroxyl groups excluding tert-OH is 4. The van der Waals surface area contributed by atoms with Gasteiger partial charge in [0.05, 0.1) is 33.0 Å². The molecule has 0 aromatic carbocycles. The summed E-state index contributed by atoms with van der Waals surface area (Å²) in [4.78, 5) is 0. The molecule has 33 heavy (non-hydrogen) atoms. The summed E-state index contributed by atoms with van der Waals surface area (Å²) in [6.45, 7) is 19.3. The fourth-order valence-corrected chi connectivity index (χ4v) is 29.7. The fraction of sp³-hybridized carbons (Fsp3) is 1.00. The van der Waals surface area contributed by atoms with Crippen molar-refractivity contribution in [2.24, 2.45) is 0 Å². The second-order valence-electron chi connectivity index (χ2n) is 12.2. The zero-order valence-electron chi connectivity index (χ0n) is 21.9. The van der Waals surface area contributed by atoms with Crippen molar-refractivity contribution in [3.63, 3.8) is 0 Å². The van der Waals surface area contributed by atoms with Gasteiger partial charge in [-0.05, 0) is 6.42 Å². The van der Waals surface area contributed by atoms with Gasteiger partial charge in [-0.2, -0.15) is 0 Å². The summed E-state index contributed by atoms with van der Waals surface area (Å²) in [5.41, 5.74) is 3.00. The van der Waals surface area contributed by atoms with Crippen molar-refractivity contribution in [3.8, 4) is 0 Å². The molecule has 1 fully saturated rings. The normalized spacial score (nSPS) is 27.2. The van der Waals surface area contributed by atoms with Crippen LogP contribution in [0.3, 0.4) is 0 Å². The van der Waals surface area contributed by atoms with Crippen LogP contribution >= 0.6 is 0 Å². The molecule has 0 amide bonds. The Balaban J connectivity index is 2.19. The van der Waals surface area contributed by atoms with Gasteiger partial charge in [0.25, 0.3) is 0 Å². The maximum atomic E-state index is 9.93. The van der Waals surface area contributed by atoms with Crippen LogP contribution in [0.1, 0.15) is 6.42 Å². The Labute approximate surface area is 203 Å². The molecule has 1 heterocycles. The second kappa shape index (κ2) is 14.2. The van der Waals surface area contributed by atoms with Crippen molar-refractivity contribution >= 4 is 24.2 Å². The molecule has 0 saturated carbocycles. The van der Waals surface area contributed by atoms with Gasteiger partial charge in [-0.15, -0.1) is 0 Å². The number of hydrogen-bond donors (Lipinski definition) is 4. The van der Waals surface area contributed by atoms with Gasteiger partial charge >= 0.3 is 0 Å². The van der Waals surface area contributed by atoms with E-state index in [1.807, 2.05) is 0 Å². The molecule has 0 spiro atoms. The van der Waals surface area contributed by atoms with Crippen LogP contribution in [0.15, 0.2) is 0 Å². The molecule has 5 atom stereocenters. The number of ether oxygens (including phenoxy) is 4. The molecule has 4 N–H and O–H groups in total. The lowest BCUT2D eigenvalue weighted by molar-refractivity contribution is -0.302. The Morgan fingerprint density at radius 3 is 1.73 bits per heavy atom. The number of aliphatic hydroxyl groups is 4. The van der Waals surface area contributed by atoms with E-state index in [4.69, 9.17) is 18.9 Å². The lowest BCUT2D eigenvalue weighted by atomic mass is 9.99. The van der Waals surface area contributed by atoms with Gasteiger partial charge in [-0.3, -0.25) is 0 Å². The molecular formula is C22H50O8Si3. The van der Waals surface area contributed by atoms with Crippen LogP contribution in [0.2, 0.25) is 63.2 Å². The molecule has 1 saturated heterocycles. The van der Waals surface area contributed by atoms with E-state index in [1.165, 1.54) is 17.4 Å². The summed E-state index contributed by atoms with van der Waals surface area (Å²) in [5, 5.41) is 38.6. The fourth-order valence-electron chi connectivity index (χ4n) is 5.15.